The summed E-state index contributed by atoms with van der Waals surface area (Å²) in [5.41, 5.74) is 6.33. The molecule has 0 aliphatic rings. The predicted octanol–water partition coefficient (Wildman–Crippen LogP) is 1.69. The molecule has 0 saturated carbocycles. The first kappa shape index (κ1) is 22.8. The van der Waals surface area contributed by atoms with Crippen molar-refractivity contribution in [3.63, 3.8) is 0 Å². The van der Waals surface area contributed by atoms with Crippen LogP contribution in [0.3, 0.4) is 0 Å². The molecule has 9 nitrogen and oxygen atoms in total. The summed E-state index contributed by atoms with van der Waals surface area (Å²) in [6.45, 7) is 1.97. The molecule has 32 heavy (non-hydrogen) atoms. The van der Waals surface area contributed by atoms with Gasteiger partial charge in [-0.05, 0) is 24.1 Å². The molecule has 3 aromatic rings. The van der Waals surface area contributed by atoms with Crippen molar-refractivity contribution in [1.82, 2.24) is 9.55 Å². The van der Waals surface area contributed by atoms with Crippen molar-refractivity contribution < 1.29 is 14.3 Å². The fraction of sp³-hybridized carbons (Fsp3) is 0.261. The van der Waals surface area contributed by atoms with Gasteiger partial charge < -0.3 is 15.2 Å². The molecular formula is C23H26N4O5. The average Bonchev–Trinajstić information content (AvgIpc) is 2.78. The van der Waals surface area contributed by atoms with E-state index < -0.39 is 17.2 Å². The van der Waals surface area contributed by atoms with E-state index in [1.54, 1.807) is 6.07 Å². The smallest absolute Gasteiger partial charge is 0.330 e. The third-order valence-corrected chi connectivity index (χ3v) is 4.93. The Hall–Kier alpha value is -3.85. The number of amides is 1. The van der Waals surface area contributed by atoms with E-state index in [1.165, 1.54) is 16.6 Å². The molecule has 0 bridgehead atoms. The minimum absolute atomic E-state index is 0.0760. The van der Waals surface area contributed by atoms with Crippen molar-refractivity contribution in [3.05, 3.63) is 86.6 Å². The topological polar surface area (TPSA) is 120 Å². The summed E-state index contributed by atoms with van der Waals surface area (Å²) < 4.78 is 11.9. The summed E-state index contributed by atoms with van der Waals surface area (Å²) in [5, 5.41) is 0. The van der Waals surface area contributed by atoms with Crippen LogP contribution in [0.5, 0.6) is 5.75 Å². The van der Waals surface area contributed by atoms with Crippen molar-refractivity contribution in [2.75, 3.05) is 31.0 Å². The number of para-hydroxylation sites is 1. The Balaban J connectivity index is 1.99. The highest BCUT2D eigenvalue weighted by Gasteiger charge is 2.25. The summed E-state index contributed by atoms with van der Waals surface area (Å²) >= 11 is 0. The molecule has 0 atom stereocenters. The van der Waals surface area contributed by atoms with Gasteiger partial charge in [0.1, 0.15) is 11.6 Å². The molecule has 1 heterocycles. The second-order valence-corrected chi connectivity index (χ2v) is 7.16. The fourth-order valence-corrected chi connectivity index (χ4v) is 3.24. The van der Waals surface area contributed by atoms with Crippen LogP contribution in [0.4, 0.5) is 11.5 Å². The van der Waals surface area contributed by atoms with Crippen LogP contribution in [-0.2, 0) is 22.6 Å². The number of nitrogens with two attached hydrogens (primary N) is 1. The molecule has 3 rings (SSSR count). The van der Waals surface area contributed by atoms with E-state index in [-0.39, 0.29) is 37.8 Å². The van der Waals surface area contributed by atoms with Crippen LogP contribution >= 0.6 is 0 Å². The van der Waals surface area contributed by atoms with Gasteiger partial charge in [-0.2, -0.15) is 0 Å². The number of nitrogens with zero attached hydrogens (tertiary/aromatic N) is 2. The second-order valence-electron chi connectivity index (χ2n) is 7.16. The molecule has 2 aromatic carbocycles. The zero-order valence-corrected chi connectivity index (χ0v) is 18.0. The van der Waals surface area contributed by atoms with E-state index in [4.69, 9.17) is 15.2 Å². The number of H-pyrrole nitrogens is 1. The zero-order valence-electron chi connectivity index (χ0n) is 18.0. The highest BCUT2D eigenvalue weighted by Crippen LogP contribution is 2.21. The number of rotatable bonds is 9. The van der Waals surface area contributed by atoms with Gasteiger partial charge in [0.15, 0.2) is 12.3 Å². The normalized spacial score (nSPS) is 10.7. The van der Waals surface area contributed by atoms with E-state index in [2.05, 4.69) is 4.98 Å². The number of aromatic amines is 1. The van der Waals surface area contributed by atoms with Gasteiger partial charge in [0.05, 0.1) is 19.7 Å². The van der Waals surface area contributed by atoms with E-state index >= 15 is 0 Å². The van der Waals surface area contributed by atoms with Crippen LogP contribution in [0, 0.1) is 6.92 Å². The fourth-order valence-electron chi connectivity index (χ4n) is 3.24. The number of nitrogens with one attached hydrogen (secondary N) is 1. The first-order valence-corrected chi connectivity index (χ1v) is 10.1. The standard InChI is InChI=1S/C23H26N4O5/c1-16-8-6-7-11-18(16)32-15-19(28)27(14-17-9-4-3-5-10-17)20-21(24)26(12-13-31-2)23(30)25-22(20)29/h3-11H,12-15,24H2,1-2H3,(H,25,29,30). The number of anilines is 2. The van der Waals surface area contributed by atoms with Gasteiger partial charge in [0, 0.05) is 7.11 Å². The summed E-state index contributed by atoms with van der Waals surface area (Å²) in [6.07, 6.45) is 0. The first-order valence-electron chi connectivity index (χ1n) is 10.1. The van der Waals surface area contributed by atoms with Crippen LogP contribution in [0.1, 0.15) is 11.1 Å². The molecule has 1 amide bonds. The molecular weight excluding hydrogens is 412 g/mol. The molecule has 0 saturated heterocycles. The Morgan fingerprint density at radius 2 is 1.78 bits per heavy atom. The monoisotopic (exact) mass is 438 g/mol. The van der Waals surface area contributed by atoms with Crippen molar-refractivity contribution >= 4 is 17.4 Å². The van der Waals surface area contributed by atoms with E-state index in [1.807, 2.05) is 55.5 Å². The van der Waals surface area contributed by atoms with Gasteiger partial charge >= 0.3 is 5.69 Å². The maximum Gasteiger partial charge on any atom is 0.330 e. The lowest BCUT2D eigenvalue weighted by molar-refractivity contribution is -0.120. The van der Waals surface area contributed by atoms with Crippen molar-refractivity contribution in [2.24, 2.45) is 0 Å². The lowest BCUT2D eigenvalue weighted by atomic mass is 10.2. The Bertz CT molecular complexity index is 1190. The Morgan fingerprint density at radius 1 is 1.09 bits per heavy atom. The highest BCUT2D eigenvalue weighted by molar-refractivity contribution is 5.96. The van der Waals surface area contributed by atoms with Gasteiger partial charge in [0.2, 0.25) is 0 Å². The number of aryl methyl sites for hydroxylation is 1. The minimum atomic E-state index is -0.749. The number of carbonyl (C=O) groups is 1. The Labute approximate surface area is 185 Å². The van der Waals surface area contributed by atoms with Crippen LogP contribution in [0.2, 0.25) is 0 Å². The summed E-state index contributed by atoms with van der Waals surface area (Å²) in [6, 6.07) is 16.5. The number of benzene rings is 2. The van der Waals surface area contributed by atoms with Gasteiger partial charge in [-0.25, -0.2) is 4.79 Å². The second kappa shape index (κ2) is 10.5. The third kappa shape index (κ3) is 5.25. The minimum Gasteiger partial charge on any atom is -0.483 e. The number of aromatic nitrogens is 2. The number of ether oxygens (including phenoxy) is 2. The van der Waals surface area contributed by atoms with Crippen molar-refractivity contribution in [2.45, 2.75) is 20.0 Å². The quantitative estimate of drug-likeness (QED) is 0.525. The number of methoxy groups -OCH3 is 1. The molecule has 0 aliphatic heterocycles. The van der Waals surface area contributed by atoms with Gasteiger partial charge in [-0.1, -0.05) is 48.5 Å². The van der Waals surface area contributed by atoms with Gasteiger partial charge in [0.25, 0.3) is 11.5 Å². The lowest BCUT2D eigenvalue weighted by Crippen LogP contribution is -2.42. The first-order chi connectivity index (χ1) is 15.4. The highest BCUT2D eigenvalue weighted by atomic mass is 16.5. The molecule has 168 valence electrons. The SMILES string of the molecule is COCCn1c(N)c(N(Cc2ccccc2)C(=O)COc2ccccc2C)c(=O)[nH]c1=O. The predicted molar refractivity (Wildman–Crippen MR) is 122 cm³/mol. The molecule has 0 aliphatic carbocycles. The largest absolute Gasteiger partial charge is 0.483 e. The van der Waals surface area contributed by atoms with Gasteiger partial charge in [-0.15, -0.1) is 0 Å². The Kier molecular flexibility index (Phi) is 7.45. The molecule has 0 fully saturated rings. The number of nitrogen functional groups attached to an aromatic ring is 1. The number of hydrogen-bond acceptors (Lipinski definition) is 6. The van der Waals surface area contributed by atoms with Gasteiger partial charge in [-0.3, -0.25) is 24.0 Å². The molecule has 0 radical (unpaired) electrons. The third-order valence-electron chi connectivity index (χ3n) is 4.93. The van der Waals surface area contributed by atoms with Crippen molar-refractivity contribution in [3.8, 4) is 5.75 Å². The summed E-state index contributed by atoms with van der Waals surface area (Å²) in [5.74, 6) is -0.0327. The summed E-state index contributed by atoms with van der Waals surface area (Å²) in [7, 11) is 1.49. The summed E-state index contributed by atoms with van der Waals surface area (Å²) in [4.78, 5) is 41.7. The number of carbonyl (C=O) groups excluding carboxylic acids is 1. The molecule has 0 unspecified atom stereocenters. The van der Waals surface area contributed by atoms with Crippen LogP contribution in [0.15, 0.2) is 64.2 Å². The maximum atomic E-state index is 13.2. The average molecular weight is 438 g/mol. The van der Waals surface area contributed by atoms with E-state index in [9.17, 15) is 14.4 Å². The van der Waals surface area contributed by atoms with E-state index in [0.717, 1.165) is 11.1 Å². The Morgan fingerprint density at radius 3 is 2.47 bits per heavy atom. The van der Waals surface area contributed by atoms with Crippen molar-refractivity contribution in [1.29, 1.82) is 0 Å². The molecule has 0 spiro atoms. The van der Waals surface area contributed by atoms with Crippen LogP contribution in [-0.4, -0.2) is 35.8 Å². The number of hydrogen-bond donors (Lipinski definition) is 2. The van der Waals surface area contributed by atoms with Crippen LogP contribution in [0.25, 0.3) is 0 Å². The van der Waals surface area contributed by atoms with E-state index in [0.29, 0.717) is 5.75 Å². The zero-order chi connectivity index (χ0) is 23.1. The maximum absolute atomic E-state index is 13.2. The lowest BCUT2D eigenvalue weighted by Gasteiger charge is -2.25. The van der Waals surface area contributed by atoms with Crippen LogP contribution < -0.4 is 26.6 Å². The molecule has 3 N–H and O–H groups in total. The molecule has 1 aromatic heterocycles. The molecule has 9 heteroatoms.